The van der Waals surface area contributed by atoms with Crippen molar-refractivity contribution in [2.75, 3.05) is 54.2 Å². The van der Waals surface area contributed by atoms with Crippen LogP contribution in [0.2, 0.25) is 0 Å². The zero-order chi connectivity index (χ0) is 24.6. The molecular weight excluding hydrogens is 478 g/mol. The second-order valence-electron chi connectivity index (χ2n) is 9.15. The molecule has 0 saturated carbocycles. The molecule has 0 spiro atoms. The molecule has 1 aromatic heterocycles. The molecule has 4 heterocycles. The van der Waals surface area contributed by atoms with Crippen LogP contribution in [-0.4, -0.2) is 68.2 Å². The zero-order valence-corrected chi connectivity index (χ0v) is 20.7. The first kappa shape index (κ1) is 22.9. The molecule has 0 aliphatic carbocycles. The number of anilines is 3. The van der Waals surface area contributed by atoms with E-state index < -0.39 is 0 Å². The van der Waals surface area contributed by atoms with Gasteiger partial charge in [-0.05, 0) is 55.4 Å². The maximum Gasteiger partial charge on any atom is 0.414 e. The van der Waals surface area contributed by atoms with Crippen LogP contribution < -0.4 is 25.2 Å². The van der Waals surface area contributed by atoms with Crippen molar-refractivity contribution < 1.29 is 19.1 Å². The van der Waals surface area contributed by atoms with E-state index in [1.54, 1.807) is 12.0 Å². The first-order valence-corrected chi connectivity index (χ1v) is 13.0. The van der Waals surface area contributed by atoms with Crippen molar-refractivity contribution in [1.82, 2.24) is 10.3 Å². The van der Waals surface area contributed by atoms with Crippen LogP contribution >= 0.6 is 11.8 Å². The van der Waals surface area contributed by atoms with Crippen molar-refractivity contribution in [3.8, 4) is 5.75 Å². The molecule has 2 fully saturated rings. The van der Waals surface area contributed by atoms with Gasteiger partial charge in [-0.15, -0.1) is 11.8 Å². The molecule has 3 aliphatic rings. The van der Waals surface area contributed by atoms with Crippen LogP contribution in [0, 0.1) is 0 Å². The molecule has 6 rings (SSSR count). The van der Waals surface area contributed by atoms with E-state index in [0.29, 0.717) is 18.8 Å². The summed E-state index contributed by atoms with van der Waals surface area (Å²) in [5.74, 6) is 1.15. The number of nitrogens with zero attached hydrogens (tertiary/aromatic N) is 3. The molecule has 10 heteroatoms. The van der Waals surface area contributed by atoms with Crippen LogP contribution in [0.15, 0.2) is 53.6 Å². The third-order valence-electron chi connectivity index (χ3n) is 6.89. The van der Waals surface area contributed by atoms with Gasteiger partial charge in [-0.2, -0.15) is 0 Å². The molecule has 36 heavy (non-hydrogen) atoms. The van der Waals surface area contributed by atoms with E-state index in [4.69, 9.17) is 9.47 Å². The van der Waals surface area contributed by atoms with Crippen LogP contribution in [-0.2, 0) is 9.53 Å². The molecule has 9 nitrogen and oxygen atoms in total. The largest absolute Gasteiger partial charge is 0.497 e. The maximum absolute atomic E-state index is 12.9. The third kappa shape index (κ3) is 4.31. The minimum absolute atomic E-state index is 0.0338. The van der Waals surface area contributed by atoms with Crippen molar-refractivity contribution in [3.05, 3.63) is 48.7 Å². The quantitative estimate of drug-likeness (QED) is 0.526. The topological polar surface area (TPSA) is 96.0 Å². The number of aromatic nitrogens is 1. The highest BCUT2D eigenvalue weighted by Gasteiger charge is 2.36. The highest BCUT2D eigenvalue weighted by molar-refractivity contribution is 8.00. The monoisotopic (exact) mass is 505 g/mol. The first-order valence-electron chi connectivity index (χ1n) is 12.0. The van der Waals surface area contributed by atoms with Crippen molar-refractivity contribution >= 4 is 51.7 Å². The number of amides is 2. The standard InChI is InChI=1S/C26H27N5O4S/c1-34-18-3-4-21-20(11-18)23(7-9-28-21)30(17-6-8-27-12-17)13-19-14-31(26(33)35-19)16-2-5-24-22(10-16)29-25(32)15-36-24/h2-5,7,9-11,17,19,27H,6,8,12-15H2,1H3,(H,29,32)/t17-,19+/m0/s1. The van der Waals surface area contributed by atoms with Crippen molar-refractivity contribution in [3.63, 3.8) is 0 Å². The summed E-state index contributed by atoms with van der Waals surface area (Å²) in [5, 5.41) is 7.36. The van der Waals surface area contributed by atoms with Crippen LogP contribution in [0.3, 0.4) is 0 Å². The van der Waals surface area contributed by atoms with Gasteiger partial charge in [0.15, 0.2) is 0 Å². The molecule has 2 atom stereocenters. The Balaban J connectivity index is 1.28. The number of benzene rings is 2. The molecule has 2 saturated heterocycles. The van der Waals surface area contributed by atoms with Crippen LogP contribution in [0.5, 0.6) is 5.75 Å². The fourth-order valence-electron chi connectivity index (χ4n) is 5.12. The first-order chi connectivity index (χ1) is 17.6. The Hall–Kier alpha value is -3.50. The summed E-state index contributed by atoms with van der Waals surface area (Å²) < 4.78 is 11.3. The fourth-order valence-corrected chi connectivity index (χ4v) is 5.91. The summed E-state index contributed by atoms with van der Waals surface area (Å²) in [7, 11) is 1.66. The maximum atomic E-state index is 12.9. The molecule has 186 valence electrons. The Labute approximate surface area is 213 Å². The van der Waals surface area contributed by atoms with Gasteiger partial charge in [0.05, 0.1) is 37.2 Å². The van der Waals surface area contributed by atoms with Gasteiger partial charge in [-0.1, -0.05) is 0 Å². The van der Waals surface area contributed by atoms with Gasteiger partial charge >= 0.3 is 6.09 Å². The number of carbonyl (C=O) groups excluding carboxylic acids is 2. The summed E-state index contributed by atoms with van der Waals surface area (Å²) >= 11 is 1.50. The highest BCUT2D eigenvalue weighted by Crippen LogP contribution is 2.36. The van der Waals surface area contributed by atoms with E-state index in [1.165, 1.54) is 11.8 Å². The van der Waals surface area contributed by atoms with Crippen LogP contribution in [0.4, 0.5) is 21.9 Å². The lowest BCUT2D eigenvalue weighted by molar-refractivity contribution is -0.113. The van der Waals surface area contributed by atoms with Gasteiger partial charge < -0.3 is 25.0 Å². The van der Waals surface area contributed by atoms with E-state index in [1.807, 2.05) is 48.7 Å². The number of ether oxygens (including phenoxy) is 2. The molecule has 3 aromatic rings. The van der Waals surface area contributed by atoms with Gasteiger partial charge in [0.1, 0.15) is 11.9 Å². The van der Waals surface area contributed by atoms with Gasteiger partial charge in [0, 0.05) is 40.4 Å². The molecule has 0 unspecified atom stereocenters. The zero-order valence-electron chi connectivity index (χ0n) is 19.9. The number of rotatable bonds is 6. The summed E-state index contributed by atoms with van der Waals surface area (Å²) in [5.41, 5.74) is 3.40. The molecule has 0 bridgehead atoms. The van der Waals surface area contributed by atoms with Gasteiger partial charge in [0.25, 0.3) is 0 Å². The summed E-state index contributed by atoms with van der Waals surface area (Å²) in [6.45, 7) is 2.80. The normalized spacial score (nSPS) is 21.3. The third-order valence-corrected chi connectivity index (χ3v) is 7.97. The Kier molecular flexibility index (Phi) is 6.06. The fraction of sp³-hybridized carbons (Fsp3) is 0.346. The minimum atomic E-state index is -0.375. The van der Waals surface area contributed by atoms with E-state index >= 15 is 0 Å². The number of methoxy groups -OCH3 is 1. The van der Waals surface area contributed by atoms with Gasteiger partial charge in [-0.25, -0.2) is 4.79 Å². The minimum Gasteiger partial charge on any atom is -0.497 e. The average Bonchev–Trinajstić information content (AvgIpc) is 3.56. The van der Waals surface area contributed by atoms with Crippen molar-refractivity contribution in [2.24, 2.45) is 0 Å². The highest BCUT2D eigenvalue weighted by atomic mass is 32.2. The summed E-state index contributed by atoms with van der Waals surface area (Å²) in [6, 6.07) is 13.9. The number of fused-ring (bicyclic) bond motifs is 2. The Morgan fingerprint density at radius 2 is 2.14 bits per heavy atom. The number of hydrogen-bond acceptors (Lipinski definition) is 8. The Morgan fingerprint density at radius 3 is 2.97 bits per heavy atom. The number of hydrogen-bond donors (Lipinski definition) is 2. The van der Waals surface area contributed by atoms with E-state index in [-0.39, 0.29) is 24.1 Å². The van der Waals surface area contributed by atoms with Crippen LogP contribution in [0.1, 0.15) is 6.42 Å². The van der Waals surface area contributed by atoms with E-state index in [0.717, 1.165) is 58.1 Å². The van der Waals surface area contributed by atoms with Gasteiger partial charge in [0.2, 0.25) is 5.91 Å². The van der Waals surface area contributed by atoms with Crippen molar-refractivity contribution in [2.45, 2.75) is 23.5 Å². The summed E-state index contributed by atoms with van der Waals surface area (Å²) in [6.07, 6.45) is 2.14. The SMILES string of the molecule is COc1ccc2nccc(N(C[C@@H]3CN(c4ccc5c(c4)NC(=O)CS5)C(=O)O3)[C@H]3CCNC3)c2c1. The molecule has 0 radical (unpaired) electrons. The van der Waals surface area contributed by atoms with Gasteiger partial charge in [-0.3, -0.25) is 14.7 Å². The number of thioether (sulfide) groups is 1. The Bertz CT molecular complexity index is 1330. The smallest absolute Gasteiger partial charge is 0.414 e. The van der Waals surface area contributed by atoms with Crippen LogP contribution in [0.25, 0.3) is 10.9 Å². The van der Waals surface area contributed by atoms with Crippen molar-refractivity contribution in [1.29, 1.82) is 0 Å². The second-order valence-corrected chi connectivity index (χ2v) is 10.2. The number of nitrogens with one attached hydrogen (secondary N) is 2. The number of pyridine rings is 1. The molecule has 2 aromatic carbocycles. The lowest BCUT2D eigenvalue weighted by Crippen LogP contribution is -2.43. The number of carbonyl (C=O) groups is 2. The lowest BCUT2D eigenvalue weighted by atomic mass is 10.1. The predicted molar refractivity (Wildman–Crippen MR) is 140 cm³/mol. The van der Waals surface area contributed by atoms with E-state index in [2.05, 4.69) is 20.5 Å². The predicted octanol–water partition coefficient (Wildman–Crippen LogP) is 3.48. The van der Waals surface area contributed by atoms with E-state index in [9.17, 15) is 9.59 Å². The molecule has 3 aliphatic heterocycles. The molecule has 2 amide bonds. The summed E-state index contributed by atoms with van der Waals surface area (Å²) in [4.78, 5) is 34.3. The molecular formula is C26H27N5O4S. The lowest BCUT2D eigenvalue weighted by Gasteiger charge is -2.33. The number of cyclic esters (lactones) is 1. The average molecular weight is 506 g/mol. The Morgan fingerprint density at radius 1 is 1.22 bits per heavy atom. The second kappa shape index (κ2) is 9.51. The molecule has 2 N–H and O–H groups in total.